The van der Waals surface area contributed by atoms with Crippen molar-refractivity contribution in [2.45, 2.75) is 25.0 Å². The summed E-state index contributed by atoms with van der Waals surface area (Å²) < 4.78 is 1.97. The Kier molecular flexibility index (Phi) is 4.01. The van der Waals surface area contributed by atoms with Crippen LogP contribution in [0.15, 0.2) is 54.9 Å². The lowest BCUT2D eigenvalue weighted by Crippen LogP contribution is -2.41. The number of aromatic nitrogens is 2. The summed E-state index contributed by atoms with van der Waals surface area (Å²) in [6.07, 6.45) is 4.71. The number of pyridine rings is 1. The summed E-state index contributed by atoms with van der Waals surface area (Å²) in [7, 11) is 1.94. The van der Waals surface area contributed by atoms with E-state index in [0.29, 0.717) is 18.4 Å². The van der Waals surface area contributed by atoms with Crippen LogP contribution < -0.4 is 5.32 Å². The number of fused-ring (bicyclic) bond motifs is 1. The Morgan fingerprint density at radius 3 is 2.72 bits per heavy atom. The lowest BCUT2D eigenvalue weighted by atomic mass is 9.76. The van der Waals surface area contributed by atoms with Gasteiger partial charge in [-0.1, -0.05) is 24.3 Å². The largest absolute Gasteiger partial charge is 0.393 e. The lowest BCUT2D eigenvalue weighted by Gasteiger charge is -2.37. The minimum absolute atomic E-state index is 0.103. The summed E-state index contributed by atoms with van der Waals surface area (Å²) in [4.78, 5) is 17.4. The van der Waals surface area contributed by atoms with E-state index in [1.165, 1.54) is 0 Å². The van der Waals surface area contributed by atoms with Crippen molar-refractivity contribution in [1.82, 2.24) is 14.9 Å². The van der Waals surface area contributed by atoms with E-state index in [0.717, 1.165) is 16.6 Å². The van der Waals surface area contributed by atoms with Gasteiger partial charge < -0.3 is 15.0 Å². The molecule has 5 nitrogen and oxygen atoms in total. The van der Waals surface area contributed by atoms with Gasteiger partial charge in [0.05, 0.1) is 23.4 Å². The second kappa shape index (κ2) is 6.33. The van der Waals surface area contributed by atoms with Crippen molar-refractivity contribution < 1.29 is 9.90 Å². The molecule has 0 radical (unpaired) electrons. The molecule has 128 valence electrons. The maximum absolute atomic E-state index is 13.0. The zero-order valence-corrected chi connectivity index (χ0v) is 14.1. The van der Waals surface area contributed by atoms with Gasteiger partial charge in [0.1, 0.15) is 0 Å². The van der Waals surface area contributed by atoms with Gasteiger partial charge >= 0.3 is 0 Å². The predicted octanol–water partition coefficient (Wildman–Crippen LogP) is 2.82. The highest BCUT2D eigenvalue weighted by atomic mass is 16.3. The Balaban J connectivity index is 1.64. The molecule has 3 aromatic rings. The number of hydrogen-bond donors (Lipinski definition) is 2. The van der Waals surface area contributed by atoms with Gasteiger partial charge in [-0.25, -0.2) is 0 Å². The van der Waals surface area contributed by atoms with Crippen molar-refractivity contribution >= 4 is 16.8 Å². The van der Waals surface area contributed by atoms with E-state index in [1.807, 2.05) is 60.3 Å². The molecule has 1 aromatic carbocycles. The topological polar surface area (TPSA) is 67.2 Å². The molecule has 2 aromatic heterocycles. The van der Waals surface area contributed by atoms with Gasteiger partial charge in [-0.2, -0.15) is 0 Å². The number of nitrogens with one attached hydrogen (secondary N) is 1. The number of carbonyl (C=O) groups excluding carboxylic acids is 1. The molecular weight excluding hydrogens is 314 g/mol. The summed E-state index contributed by atoms with van der Waals surface area (Å²) in [5, 5.41) is 13.8. The summed E-state index contributed by atoms with van der Waals surface area (Å²) in [6, 6.07) is 13.4. The number of para-hydroxylation sites is 1. The average Bonchev–Trinajstić information content (AvgIpc) is 2.95. The summed E-state index contributed by atoms with van der Waals surface area (Å²) in [5.41, 5.74) is 2.54. The van der Waals surface area contributed by atoms with Crippen molar-refractivity contribution in [1.29, 1.82) is 0 Å². The van der Waals surface area contributed by atoms with Crippen molar-refractivity contribution in [2.75, 3.05) is 0 Å². The number of nitrogens with zero attached hydrogens (tertiary/aromatic N) is 2. The molecule has 0 bridgehead atoms. The molecule has 1 fully saturated rings. The molecule has 0 saturated heterocycles. The molecule has 1 saturated carbocycles. The maximum atomic E-state index is 13.0. The number of rotatable bonds is 4. The number of carbonyl (C=O) groups is 1. The summed E-state index contributed by atoms with van der Waals surface area (Å²) >= 11 is 0. The van der Waals surface area contributed by atoms with Crippen molar-refractivity contribution in [2.24, 2.45) is 13.0 Å². The zero-order valence-electron chi connectivity index (χ0n) is 14.1. The van der Waals surface area contributed by atoms with Crippen LogP contribution in [0.3, 0.4) is 0 Å². The fourth-order valence-electron chi connectivity index (χ4n) is 3.64. The van der Waals surface area contributed by atoms with Crippen LogP contribution in [0.5, 0.6) is 0 Å². The minimum atomic E-state index is -0.273. The van der Waals surface area contributed by atoms with Crippen LogP contribution in [0.1, 0.15) is 34.9 Å². The molecule has 1 aliphatic rings. The number of benzene rings is 1. The zero-order chi connectivity index (χ0) is 17.4. The van der Waals surface area contributed by atoms with E-state index < -0.39 is 0 Å². The number of hydrogen-bond acceptors (Lipinski definition) is 3. The minimum Gasteiger partial charge on any atom is -0.393 e. The van der Waals surface area contributed by atoms with E-state index in [9.17, 15) is 9.90 Å². The highest BCUT2D eigenvalue weighted by molar-refractivity contribution is 6.07. The van der Waals surface area contributed by atoms with Crippen LogP contribution in [0.25, 0.3) is 10.9 Å². The maximum Gasteiger partial charge on any atom is 0.254 e. The van der Waals surface area contributed by atoms with Gasteiger partial charge in [0.15, 0.2) is 0 Å². The SMILES string of the molecule is Cn1cc(C(=O)N[C@@H](c2ccccn2)C2CC(O)C2)c2ccccc21. The number of aliphatic hydroxyl groups is 1. The lowest BCUT2D eigenvalue weighted by molar-refractivity contribution is 0.0228. The van der Waals surface area contributed by atoms with Gasteiger partial charge in [0.2, 0.25) is 0 Å². The first-order chi connectivity index (χ1) is 12.1. The fourth-order valence-corrected chi connectivity index (χ4v) is 3.64. The van der Waals surface area contributed by atoms with Gasteiger partial charge in [-0.3, -0.25) is 9.78 Å². The quantitative estimate of drug-likeness (QED) is 0.770. The first kappa shape index (κ1) is 15.8. The Morgan fingerprint density at radius 1 is 1.24 bits per heavy atom. The van der Waals surface area contributed by atoms with Crippen molar-refractivity contribution in [3.63, 3.8) is 0 Å². The van der Waals surface area contributed by atoms with E-state index in [4.69, 9.17) is 0 Å². The summed E-state index contributed by atoms with van der Waals surface area (Å²) in [5.74, 6) is 0.109. The van der Waals surface area contributed by atoms with Gasteiger partial charge in [-0.05, 0) is 37.0 Å². The Labute approximate surface area is 146 Å². The summed E-state index contributed by atoms with van der Waals surface area (Å²) in [6.45, 7) is 0. The van der Waals surface area contributed by atoms with Crippen LogP contribution >= 0.6 is 0 Å². The van der Waals surface area contributed by atoms with Crippen molar-refractivity contribution in [3.8, 4) is 0 Å². The molecule has 0 aliphatic heterocycles. The smallest absolute Gasteiger partial charge is 0.254 e. The Morgan fingerprint density at radius 2 is 2.00 bits per heavy atom. The highest BCUT2D eigenvalue weighted by Gasteiger charge is 2.36. The average molecular weight is 335 g/mol. The Bertz CT molecular complexity index is 898. The first-order valence-corrected chi connectivity index (χ1v) is 8.57. The van der Waals surface area contributed by atoms with Crippen LogP contribution in [0.2, 0.25) is 0 Å². The molecule has 25 heavy (non-hydrogen) atoms. The molecule has 1 atom stereocenters. The van der Waals surface area contributed by atoms with E-state index in [1.54, 1.807) is 6.20 Å². The molecule has 0 spiro atoms. The first-order valence-electron chi connectivity index (χ1n) is 8.57. The number of aliphatic hydroxyl groups excluding tert-OH is 1. The molecule has 5 heteroatoms. The molecule has 1 aliphatic carbocycles. The standard InChI is InChI=1S/C20H21N3O2/c1-23-12-16(15-6-2-3-8-18(15)23)20(25)22-19(13-10-14(24)11-13)17-7-4-5-9-21-17/h2-9,12-14,19,24H,10-11H2,1H3,(H,22,25)/t13?,14?,19-/m1/s1. The Hall–Kier alpha value is -2.66. The number of aryl methyl sites for hydroxylation is 1. The molecule has 4 rings (SSSR count). The third-order valence-corrected chi connectivity index (χ3v) is 5.06. The number of amides is 1. The van der Waals surface area contributed by atoms with E-state index in [-0.39, 0.29) is 24.0 Å². The van der Waals surface area contributed by atoms with E-state index in [2.05, 4.69) is 10.3 Å². The van der Waals surface area contributed by atoms with Crippen LogP contribution in [-0.2, 0) is 7.05 Å². The second-order valence-electron chi connectivity index (χ2n) is 6.76. The fraction of sp³-hybridized carbons (Fsp3) is 0.300. The normalized spacial score (nSPS) is 20.9. The third-order valence-electron chi connectivity index (χ3n) is 5.06. The molecule has 2 N–H and O–H groups in total. The van der Waals surface area contributed by atoms with Crippen LogP contribution in [0, 0.1) is 5.92 Å². The van der Waals surface area contributed by atoms with Crippen LogP contribution in [-0.4, -0.2) is 26.7 Å². The molecule has 1 amide bonds. The van der Waals surface area contributed by atoms with Gasteiger partial charge in [0.25, 0.3) is 5.91 Å². The molecule has 0 unspecified atom stereocenters. The predicted molar refractivity (Wildman–Crippen MR) is 96.1 cm³/mol. The molecule has 2 heterocycles. The third kappa shape index (κ3) is 2.91. The second-order valence-corrected chi connectivity index (χ2v) is 6.76. The van der Waals surface area contributed by atoms with Gasteiger partial charge in [0, 0.05) is 30.3 Å². The highest BCUT2D eigenvalue weighted by Crippen LogP contribution is 2.37. The molecular formula is C20H21N3O2. The van der Waals surface area contributed by atoms with Crippen molar-refractivity contribution in [3.05, 3.63) is 66.1 Å². The van der Waals surface area contributed by atoms with E-state index >= 15 is 0 Å². The monoisotopic (exact) mass is 335 g/mol. The van der Waals surface area contributed by atoms with Crippen LogP contribution in [0.4, 0.5) is 0 Å². The van der Waals surface area contributed by atoms with Gasteiger partial charge in [-0.15, -0.1) is 0 Å².